The second kappa shape index (κ2) is 4.58. The van der Waals surface area contributed by atoms with Crippen LogP contribution >= 0.6 is 9.24 Å². The van der Waals surface area contributed by atoms with Gasteiger partial charge in [0.15, 0.2) is 5.75 Å². The van der Waals surface area contributed by atoms with Crippen molar-refractivity contribution in [3.63, 3.8) is 0 Å². The second-order valence-electron chi connectivity index (χ2n) is 3.60. The van der Waals surface area contributed by atoms with Gasteiger partial charge in [-0.2, -0.15) is 0 Å². The summed E-state index contributed by atoms with van der Waals surface area (Å²) in [5, 5.41) is 11.7. The third kappa shape index (κ3) is 2.90. The molecule has 1 rings (SSSR count). The molecule has 5 heteroatoms. The van der Waals surface area contributed by atoms with Gasteiger partial charge in [0.25, 0.3) is 0 Å². The smallest absolute Gasteiger partial charge is 0.311 e. The summed E-state index contributed by atoms with van der Waals surface area (Å²) in [4.78, 5) is 10.4. The quantitative estimate of drug-likeness (QED) is 0.452. The number of ether oxygens (including phenoxy) is 1. The van der Waals surface area contributed by atoms with Gasteiger partial charge in [0.2, 0.25) is 0 Å². The van der Waals surface area contributed by atoms with Gasteiger partial charge in [-0.25, -0.2) is 0 Å². The predicted octanol–water partition coefficient (Wildman–Crippen LogP) is 2.19. The van der Waals surface area contributed by atoms with Crippen LogP contribution in [0.3, 0.4) is 0 Å². The minimum absolute atomic E-state index is 0.0207. The molecule has 1 atom stereocenters. The maximum absolute atomic E-state index is 10.8. The summed E-state index contributed by atoms with van der Waals surface area (Å²) in [6.07, 6.45) is -0.0733. The normalized spacial score (nSPS) is 10.5. The Labute approximate surface area is 91.0 Å². The Kier molecular flexibility index (Phi) is 3.64. The zero-order valence-corrected chi connectivity index (χ0v) is 10.1. The molecule has 0 radical (unpaired) electrons. The van der Waals surface area contributed by atoms with Crippen molar-refractivity contribution in [2.45, 2.75) is 26.9 Å². The van der Waals surface area contributed by atoms with Gasteiger partial charge in [-0.1, -0.05) is 0 Å². The Morgan fingerprint density at radius 2 is 2.07 bits per heavy atom. The number of benzene rings is 1. The summed E-state index contributed by atoms with van der Waals surface area (Å²) < 4.78 is 5.39. The third-order valence-corrected chi connectivity index (χ3v) is 2.53. The van der Waals surface area contributed by atoms with Crippen molar-refractivity contribution in [3.05, 3.63) is 27.8 Å². The number of nitro groups is 1. The summed E-state index contributed by atoms with van der Waals surface area (Å²) in [7, 11) is 2.53. The summed E-state index contributed by atoms with van der Waals surface area (Å²) in [5.41, 5.74) is 0.884. The van der Waals surface area contributed by atoms with Crippen molar-refractivity contribution < 1.29 is 9.66 Å². The van der Waals surface area contributed by atoms with Crippen molar-refractivity contribution in [1.29, 1.82) is 0 Å². The Morgan fingerprint density at radius 3 is 2.53 bits per heavy atom. The summed E-state index contributed by atoms with van der Waals surface area (Å²) in [6, 6.07) is 3.21. The van der Waals surface area contributed by atoms with Gasteiger partial charge in [-0.3, -0.25) is 10.1 Å². The molecule has 0 saturated heterocycles. The summed E-state index contributed by atoms with van der Waals surface area (Å²) in [5.74, 6) is 0.325. The molecule has 1 aromatic rings. The van der Waals surface area contributed by atoms with E-state index in [-0.39, 0.29) is 11.8 Å². The lowest BCUT2D eigenvalue weighted by Gasteiger charge is -2.11. The van der Waals surface area contributed by atoms with Crippen molar-refractivity contribution in [3.8, 4) is 5.75 Å². The molecule has 0 bridgehead atoms. The number of aryl methyl sites for hydroxylation is 1. The van der Waals surface area contributed by atoms with Crippen LogP contribution in [0.4, 0.5) is 5.69 Å². The molecule has 82 valence electrons. The Hall–Kier alpha value is -1.15. The summed E-state index contributed by atoms with van der Waals surface area (Å²) in [6.45, 7) is 5.51. The van der Waals surface area contributed by atoms with E-state index in [1.165, 1.54) is 6.07 Å². The van der Waals surface area contributed by atoms with Crippen molar-refractivity contribution in [1.82, 2.24) is 0 Å². The molecule has 0 spiro atoms. The van der Waals surface area contributed by atoms with Crippen molar-refractivity contribution >= 4 is 20.2 Å². The zero-order chi connectivity index (χ0) is 11.6. The molecule has 0 saturated carbocycles. The third-order valence-electron chi connectivity index (χ3n) is 1.91. The monoisotopic (exact) mass is 227 g/mol. The molecule has 0 aliphatic rings. The average molecular weight is 227 g/mol. The Bertz CT molecular complexity index is 390. The van der Waals surface area contributed by atoms with Crippen LogP contribution in [0.5, 0.6) is 5.75 Å². The van der Waals surface area contributed by atoms with E-state index in [9.17, 15) is 10.1 Å². The number of hydrogen-bond acceptors (Lipinski definition) is 3. The van der Waals surface area contributed by atoms with E-state index in [2.05, 4.69) is 9.24 Å². The van der Waals surface area contributed by atoms with Crippen LogP contribution in [-0.2, 0) is 0 Å². The van der Waals surface area contributed by atoms with Crippen LogP contribution in [0.15, 0.2) is 12.1 Å². The molecule has 0 amide bonds. The number of rotatable bonds is 3. The molecule has 4 nitrogen and oxygen atoms in total. The van der Waals surface area contributed by atoms with Crippen LogP contribution in [0.1, 0.15) is 19.4 Å². The van der Waals surface area contributed by atoms with E-state index in [0.717, 1.165) is 10.9 Å². The van der Waals surface area contributed by atoms with Gasteiger partial charge in [-0.05, 0) is 37.7 Å². The molecule has 0 aliphatic heterocycles. The first kappa shape index (κ1) is 11.9. The highest BCUT2D eigenvalue weighted by atomic mass is 31.0. The van der Waals surface area contributed by atoms with Crippen LogP contribution in [0.25, 0.3) is 0 Å². The molecular formula is C10H14NO3P. The molecule has 0 aliphatic carbocycles. The van der Waals surface area contributed by atoms with Gasteiger partial charge in [0, 0.05) is 6.07 Å². The van der Waals surface area contributed by atoms with Crippen molar-refractivity contribution in [2.75, 3.05) is 0 Å². The van der Waals surface area contributed by atoms with Gasteiger partial charge in [0.1, 0.15) is 0 Å². The zero-order valence-electron chi connectivity index (χ0n) is 8.98. The lowest BCUT2D eigenvalue weighted by Crippen LogP contribution is -2.10. The van der Waals surface area contributed by atoms with Crippen LogP contribution < -0.4 is 10.0 Å². The SMILES string of the molecule is Cc1cc([N+](=O)[O-])c(OC(C)C)cc1P. The van der Waals surface area contributed by atoms with Gasteiger partial charge < -0.3 is 4.74 Å². The van der Waals surface area contributed by atoms with E-state index in [1.54, 1.807) is 6.07 Å². The predicted molar refractivity (Wildman–Crippen MR) is 62.9 cm³/mol. The lowest BCUT2D eigenvalue weighted by atomic mass is 10.2. The second-order valence-corrected chi connectivity index (χ2v) is 4.22. The highest BCUT2D eigenvalue weighted by Crippen LogP contribution is 2.28. The van der Waals surface area contributed by atoms with Crippen LogP contribution in [-0.4, -0.2) is 11.0 Å². The fourth-order valence-electron chi connectivity index (χ4n) is 1.18. The fraction of sp³-hybridized carbons (Fsp3) is 0.400. The maximum atomic E-state index is 10.8. The van der Waals surface area contributed by atoms with E-state index in [1.807, 2.05) is 20.8 Å². The first-order valence-electron chi connectivity index (χ1n) is 4.63. The van der Waals surface area contributed by atoms with Crippen LogP contribution in [0.2, 0.25) is 0 Å². The number of nitro benzene ring substituents is 1. The van der Waals surface area contributed by atoms with Crippen LogP contribution in [0, 0.1) is 17.0 Å². The van der Waals surface area contributed by atoms with E-state index < -0.39 is 4.92 Å². The molecule has 0 heterocycles. The Morgan fingerprint density at radius 1 is 1.47 bits per heavy atom. The summed E-state index contributed by atoms with van der Waals surface area (Å²) >= 11 is 0. The van der Waals surface area contributed by atoms with E-state index in [4.69, 9.17) is 4.74 Å². The molecule has 0 aromatic heterocycles. The van der Waals surface area contributed by atoms with E-state index in [0.29, 0.717) is 5.75 Å². The van der Waals surface area contributed by atoms with Gasteiger partial charge in [-0.15, -0.1) is 9.24 Å². The minimum atomic E-state index is -0.422. The lowest BCUT2D eigenvalue weighted by molar-refractivity contribution is -0.386. The molecule has 1 unspecified atom stereocenters. The average Bonchev–Trinajstić information content (AvgIpc) is 2.09. The first-order valence-corrected chi connectivity index (χ1v) is 5.20. The number of nitrogens with zero attached hydrogens (tertiary/aromatic N) is 1. The molecule has 1 aromatic carbocycles. The first-order chi connectivity index (χ1) is 6.91. The Balaban J connectivity index is 3.22. The molecule has 15 heavy (non-hydrogen) atoms. The maximum Gasteiger partial charge on any atom is 0.311 e. The van der Waals surface area contributed by atoms with E-state index >= 15 is 0 Å². The highest BCUT2D eigenvalue weighted by Gasteiger charge is 2.17. The fourth-order valence-corrected chi connectivity index (χ4v) is 1.41. The standard InChI is InChI=1S/C10H14NO3P/c1-6(2)14-9-5-10(15)7(3)4-8(9)11(12)13/h4-6H,15H2,1-3H3. The molecule has 0 fully saturated rings. The topological polar surface area (TPSA) is 52.4 Å². The highest BCUT2D eigenvalue weighted by molar-refractivity contribution is 7.27. The molecular weight excluding hydrogens is 213 g/mol. The molecule has 0 N–H and O–H groups in total. The largest absolute Gasteiger partial charge is 0.484 e. The number of hydrogen-bond donors (Lipinski definition) is 0. The van der Waals surface area contributed by atoms with Gasteiger partial charge in [0.05, 0.1) is 11.0 Å². The van der Waals surface area contributed by atoms with Gasteiger partial charge >= 0.3 is 5.69 Å². The minimum Gasteiger partial charge on any atom is -0.484 e. The van der Waals surface area contributed by atoms with Crippen molar-refractivity contribution in [2.24, 2.45) is 0 Å².